The Morgan fingerprint density at radius 1 is 1.29 bits per heavy atom. The molecule has 1 aromatic carbocycles. The van der Waals surface area contributed by atoms with Crippen LogP contribution in [0.3, 0.4) is 0 Å². The summed E-state index contributed by atoms with van der Waals surface area (Å²) in [5.41, 5.74) is 1.39. The van der Waals surface area contributed by atoms with Crippen LogP contribution in [0.5, 0.6) is 5.75 Å². The van der Waals surface area contributed by atoms with E-state index in [1.165, 1.54) is 0 Å². The lowest BCUT2D eigenvalue weighted by Crippen LogP contribution is -2.47. The van der Waals surface area contributed by atoms with Gasteiger partial charge in [0.05, 0.1) is 32.3 Å². The van der Waals surface area contributed by atoms with E-state index < -0.39 is 0 Å². The Morgan fingerprint density at radius 3 is 2.71 bits per heavy atom. The number of amides is 2. The topological polar surface area (TPSA) is 94.6 Å². The number of benzene rings is 1. The molecule has 0 bridgehead atoms. The summed E-state index contributed by atoms with van der Waals surface area (Å²) in [6, 6.07) is 5.24. The fraction of sp³-hybridized carbons (Fsp3) is 0.680. The average molecular weight is 477 g/mol. The van der Waals surface area contributed by atoms with Crippen molar-refractivity contribution in [3.8, 4) is 5.75 Å². The maximum absolute atomic E-state index is 13.2. The molecule has 9 nitrogen and oxygen atoms in total. The van der Waals surface area contributed by atoms with Crippen molar-refractivity contribution in [1.82, 2.24) is 14.7 Å². The second-order valence-corrected chi connectivity index (χ2v) is 9.72. The number of ether oxygens (including phenoxy) is 2. The van der Waals surface area contributed by atoms with Gasteiger partial charge in [-0.15, -0.1) is 0 Å². The average Bonchev–Trinajstić information content (AvgIpc) is 2.85. The van der Waals surface area contributed by atoms with Crippen molar-refractivity contribution in [2.45, 2.75) is 38.8 Å². The predicted octanol–water partition coefficient (Wildman–Crippen LogP) is 1.06. The molecule has 9 heteroatoms. The van der Waals surface area contributed by atoms with Gasteiger partial charge in [-0.3, -0.25) is 14.5 Å². The van der Waals surface area contributed by atoms with Crippen LogP contribution >= 0.6 is 0 Å². The molecule has 1 saturated heterocycles. The van der Waals surface area contributed by atoms with Crippen LogP contribution in [-0.4, -0.2) is 110 Å². The van der Waals surface area contributed by atoms with Gasteiger partial charge in [0.2, 0.25) is 11.8 Å². The van der Waals surface area contributed by atoms with Gasteiger partial charge in [-0.2, -0.15) is 0 Å². The monoisotopic (exact) mass is 476 g/mol. The molecule has 2 amide bonds. The fourth-order valence-electron chi connectivity index (χ4n) is 4.39. The number of anilines is 1. The van der Waals surface area contributed by atoms with E-state index in [1.54, 1.807) is 4.90 Å². The largest absolute Gasteiger partial charge is 0.488 e. The van der Waals surface area contributed by atoms with Crippen molar-refractivity contribution in [1.29, 1.82) is 0 Å². The normalized spacial score (nSPS) is 22.9. The third kappa shape index (κ3) is 7.40. The first kappa shape index (κ1) is 26.4. The van der Waals surface area contributed by atoms with Crippen LogP contribution in [0, 0.1) is 5.92 Å². The number of nitrogens with one attached hydrogen (secondary N) is 1. The molecular weight excluding hydrogens is 436 g/mol. The Morgan fingerprint density at radius 2 is 2.03 bits per heavy atom. The third-order valence-corrected chi connectivity index (χ3v) is 6.50. The number of hydrogen-bond donors (Lipinski definition) is 2. The molecular formula is C25H40N4O5. The smallest absolute Gasteiger partial charge is 0.227 e. The zero-order valence-electron chi connectivity index (χ0n) is 21.0. The Bertz CT molecular complexity index is 828. The minimum Gasteiger partial charge on any atom is -0.488 e. The molecule has 2 aliphatic heterocycles. The van der Waals surface area contributed by atoms with E-state index in [4.69, 9.17) is 9.47 Å². The first-order chi connectivity index (χ1) is 16.3. The zero-order valence-corrected chi connectivity index (χ0v) is 21.0. The van der Waals surface area contributed by atoms with Crippen LogP contribution < -0.4 is 10.1 Å². The number of morpholine rings is 1. The highest BCUT2D eigenvalue weighted by atomic mass is 16.5. The quantitative estimate of drug-likeness (QED) is 0.579. The second-order valence-electron chi connectivity index (χ2n) is 9.72. The number of likely N-dealkylation sites (N-methyl/N-ethyl adjacent to an activating group) is 1. The summed E-state index contributed by atoms with van der Waals surface area (Å²) in [5.74, 6) is 0.624. The SMILES string of the molecule is C[C@@H]1CN([C@@H](C)CO)C(=O)Cc2cc(NC(=O)CCN3CCOCC3)ccc2O[C@H]1CN(C)C. The highest BCUT2D eigenvalue weighted by Crippen LogP contribution is 2.29. The Labute approximate surface area is 203 Å². The standard InChI is InChI=1S/C25H40N4O5/c1-18-15-29(19(2)17-30)25(32)14-20-13-21(5-6-22(20)34-23(18)16-27(3)4)26-24(31)7-8-28-9-11-33-12-10-28/h5-6,13,18-19,23,30H,7-12,14-17H2,1-4H3,(H,26,31)/t18-,19+,23+/m1/s1. The molecule has 0 spiro atoms. The summed E-state index contributed by atoms with van der Waals surface area (Å²) in [5, 5.41) is 12.7. The molecule has 0 saturated carbocycles. The van der Waals surface area contributed by atoms with Gasteiger partial charge in [-0.1, -0.05) is 6.92 Å². The van der Waals surface area contributed by atoms with Crippen LogP contribution in [0.15, 0.2) is 18.2 Å². The molecule has 1 fully saturated rings. The van der Waals surface area contributed by atoms with Crippen LogP contribution in [0.1, 0.15) is 25.8 Å². The van der Waals surface area contributed by atoms with E-state index in [2.05, 4.69) is 22.0 Å². The van der Waals surface area contributed by atoms with E-state index >= 15 is 0 Å². The zero-order chi connectivity index (χ0) is 24.7. The van der Waals surface area contributed by atoms with Crippen LogP contribution in [0.4, 0.5) is 5.69 Å². The van der Waals surface area contributed by atoms with Gasteiger partial charge in [0, 0.05) is 56.3 Å². The number of rotatable bonds is 8. The maximum atomic E-state index is 13.2. The summed E-state index contributed by atoms with van der Waals surface area (Å²) in [6.45, 7) is 8.86. The van der Waals surface area contributed by atoms with Crippen molar-refractivity contribution in [3.63, 3.8) is 0 Å². The van der Waals surface area contributed by atoms with Gasteiger partial charge in [0.25, 0.3) is 0 Å². The van der Waals surface area contributed by atoms with Gasteiger partial charge in [0.15, 0.2) is 0 Å². The molecule has 1 aromatic rings. The lowest BCUT2D eigenvalue weighted by atomic mass is 10.0. The van der Waals surface area contributed by atoms with E-state index in [1.807, 2.05) is 39.2 Å². The van der Waals surface area contributed by atoms with Gasteiger partial charge >= 0.3 is 0 Å². The molecule has 34 heavy (non-hydrogen) atoms. The summed E-state index contributed by atoms with van der Waals surface area (Å²) >= 11 is 0. The van der Waals surface area contributed by atoms with Crippen molar-refractivity contribution in [2.24, 2.45) is 5.92 Å². The van der Waals surface area contributed by atoms with Crippen LogP contribution in [-0.2, 0) is 20.7 Å². The molecule has 2 heterocycles. The van der Waals surface area contributed by atoms with Crippen LogP contribution in [0.25, 0.3) is 0 Å². The molecule has 0 unspecified atom stereocenters. The number of aliphatic hydroxyl groups excluding tert-OH is 1. The summed E-state index contributed by atoms with van der Waals surface area (Å²) in [7, 11) is 4.00. The van der Waals surface area contributed by atoms with Crippen molar-refractivity contribution < 1.29 is 24.2 Å². The van der Waals surface area contributed by atoms with Gasteiger partial charge in [-0.25, -0.2) is 0 Å². The van der Waals surface area contributed by atoms with Crippen molar-refractivity contribution in [2.75, 3.05) is 72.0 Å². The maximum Gasteiger partial charge on any atom is 0.227 e. The number of nitrogens with zero attached hydrogens (tertiary/aromatic N) is 3. The first-order valence-electron chi connectivity index (χ1n) is 12.2. The predicted molar refractivity (Wildman–Crippen MR) is 131 cm³/mol. The van der Waals surface area contributed by atoms with Crippen molar-refractivity contribution >= 4 is 17.5 Å². The Hall–Kier alpha value is -2.20. The molecule has 0 radical (unpaired) electrons. The highest BCUT2D eigenvalue weighted by molar-refractivity contribution is 5.91. The summed E-state index contributed by atoms with van der Waals surface area (Å²) in [4.78, 5) is 31.8. The minimum atomic E-state index is -0.278. The fourth-order valence-corrected chi connectivity index (χ4v) is 4.39. The third-order valence-electron chi connectivity index (χ3n) is 6.50. The van der Waals surface area contributed by atoms with E-state index in [0.717, 1.165) is 18.7 Å². The van der Waals surface area contributed by atoms with Crippen LogP contribution in [0.2, 0.25) is 0 Å². The Kier molecular flexibility index (Phi) is 9.70. The summed E-state index contributed by atoms with van der Waals surface area (Å²) < 4.78 is 11.8. The number of hydrogen-bond acceptors (Lipinski definition) is 7. The molecule has 0 aromatic heterocycles. The lowest BCUT2D eigenvalue weighted by molar-refractivity contribution is -0.134. The van der Waals surface area contributed by atoms with E-state index in [9.17, 15) is 14.7 Å². The molecule has 3 atom stereocenters. The molecule has 2 N–H and O–H groups in total. The molecule has 2 aliphatic rings. The van der Waals surface area contributed by atoms with E-state index in [0.29, 0.717) is 50.7 Å². The minimum absolute atomic E-state index is 0.0560. The second kappa shape index (κ2) is 12.5. The van der Waals surface area contributed by atoms with Gasteiger partial charge < -0.3 is 29.7 Å². The van der Waals surface area contributed by atoms with Gasteiger partial charge in [0.1, 0.15) is 11.9 Å². The van der Waals surface area contributed by atoms with E-state index in [-0.39, 0.29) is 42.9 Å². The Balaban J connectivity index is 1.76. The summed E-state index contributed by atoms with van der Waals surface area (Å²) in [6.07, 6.45) is 0.428. The lowest BCUT2D eigenvalue weighted by Gasteiger charge is -2.33. The molecule has 190 valence electrons. The van der Waals surface area contributed by atoms with Gasteiger partial charge in [-0.05, 0) is 39.2 Å². The number of carbonyl (C=O) groups is 2. The number of fused-ring (bicyclic) bond motifs is 1. The van der Waals surface area contributed by atoms with Crippen molar-refractivity contribution in [3.05, 3.63) is 23.8 Å². The molecule has 0 aliphatic carbocycles. The number of aliphatic hydroxyl groups is 1. The first-order valence-corrected chi connectivity index (χ1v) is 12.2. The number of carbonyl (C=O) groups excluding carboxylic acids is 2. The highest BCUT2D eigenvalue weighted by Gasteiger charge is 2.30. The molecule has 3 rings (SSSR count).